The van der Waals surface area contributed by atoms with Crippen LogP contribution in [0.2, 0.25) is 0 Å². The van der Waals surface area contributed by atoms with Crippen LogP contribution in [0, 0.1) is 0 Å². The zero-order valence-corrected chi connectivity index (χ0v) is 18.5. The molecule has 4 aromatic rings. The number of ether oxygens (including phenoxy) is 1. The molecular weight excluding hydrogens is 430 g/mol. The number of nitrogens with zero attached hydrogens (tertiary/aromatic N) is 1. The molecule has 0 spiro atoms. The molecule has 0 radical (unpaired) electrons. The van der Waals surface area contributed by atoms with E-state index in [4.69, 9.17) is 4.74 Å². The fourth-order valence-corrected chi connectivity index (χ4v) is 4.91. The number of methoxy groups -OCH3 is 1. The van der Waals surface area contributed by atoms with E-state index in [1.54, 1.807) is 7.11 Å². The highest BCUT2D eigenvalue weighted by Crippen LogP contribution is 2.30. The van der Waals surface area contributed by atoms with Crippen LogP contribution in [0.3, 0.4) is 0 Å². The summed E-state index contributed by atoms with van der Waals surface area (Å²) in [5.74, 6) is 1.96. The van der Waals surface area contributed by atoms with Crippen LogP contribution in [0.1, 0.15) is 11.4 Å². The number of fused-ring (bicyclic) bond motifs is 1. The molecule has 0 unspecified atom stereocenters. The number of rotatable bonds is 8. The Hall–Kier alpha value is -3.10. The van der Waals surface area contributed by atoms with Crippen LogP contribution in [0.25, 0.3) is 21.3 Å². The molecule has 8 heteroatoms. The zero-order valence-electron chi connectivity index (χ0n) is 16.9. The zero-order chi connectivity index (χ0) is 21.6. The summed E-state index contributed by atoms with van der Waals surface area (Å²) < 4.78 is 5.30. The summed E-state index contributed by atoms with van der Waals surface area (Å²) in [4.78, 5) is 33.0. The number of aromatic nitrogens is 2. The molecule has 2 aromatic heterocycles. The van der Waals surface area contributed by atoms with E-state index in [-0.39, 0.29) is 17.2 Å². The van der Waals surface area contributed by atoms with Crippen molar-refractivity contribution < 1.29 is 9.53 Å². The van der Waals surface area contributed by atoms with Gasteiger partial charge >= 0.3 is 0 Å². The maximum absolute atomic E-state index is 12.7. The fraction of sp³-hybridized carbons (Fsp3) is 0.174. The van der Waals surface area contributed by atoms with Gasteiger partial charge in [0, 0.05) is 23.1 Å². The van der Waals surface area contributed by atoms with Crippen molar-refractivity contribution in [2.45, 2.75) is 12.3 Å². The molecule has 0 saturated heterocycles. The van der Waals surface area contributed by atoms with E-state index in [0.29, 0.717) is 28.3 Å². The first kappa shape index (κ1) is 21.1. The standard InChI is InChI=1S/C23H21N3O3S2/c1-29-18-10-6-5-9-16(18)11-24-20(27)14-30-13-19-25-22(28)21-17(12-31-23(21)26-19)15-7-3-2-4-8-15/h2-10,12H,11,13-14H2,1H3,(H,24,27)(H,25,26,28). The predicted molar refractivity (Wildman–Crippen MR) is 127 cm³/mol. The highest BCUT2D eigenvalue weighted by atomic mass is 32.2. The normalized spacial score (nSPS) is 10.9. The number of amides is 1. The number of H-pyrrole nitrogens is 1. The third-order valence-corrected chi connectivity index (χ3v) is 6.53. The van der Waals surface area contributed by atoms with E-state index in [1.165, 1.54) is 23.1 Å². The summed E-state index contributed by atoms with van der Waals surface area (Å²) in [6.07, 6.45) is 0. The Labute approximate surface area is 187 Å². The number of carbonyl (C=O) groups is 1. The minimum Gasteiger partial charge on any atom is -0.496 e. The van der Waals surface area contributed by atoms with E-state index in [2.05, 4.69) is 15.3 Å². The molecule has 158 valence electrons. The van der Waals surface area contributed by atoms with E-state index in [9.17, 15) is 9.59 Å². The molecule has 0 bridgehead atoms. The topological polar surface area (TPSA) is 84.1 Å². The van der Waals surface area contributed by atoms with Gasteiger partial charge in [-0.2, -0.15) is 0 Å². The third-order valence-electron chi connectivity index (χ3n) is 4.72. The van der Waals surface area contributed by atoms with Crippen LogP contribution in [0.5, 0.6) is 5.75 Å². The largest absolute Gasteiger partial charge is 0.496 e. The number of aromatic amines is 1. The SMILES string of the molecule is COc1ccccc1CNC(=O)CSCc1nc2scc(-c3ccccc3)c2c(=O)[nH]1. The van der Waals surface area contributed by atoms with Gasteiger partial charge in [-0.05, 0) is 11.6 Å². The number of carbonyl (C=O) groups excluding carboxylic acids is 1. The first-order valence-corrected chi connectivity index (χ1v) is 11.7. The molecular formula is C23H21N3O3S2. The highest BCUT2D eigenvalue weighted by Gasteiger charge is 2.13. The van der Waals surface area contributed by atoms with Gasteiger partial charge in [0.25, 0.3) is 5.56 Å². The predicted octanol–water partition coefficient (Wildman–Crippen LogP) is 4.21. The van der Waals surface area contributed by atoms with Gasteiger partial charge in [-0.25, -0.2) is 4.98 Å². The van der Waals surface area contributed by atoms with Crippen LogP contribution < -0.4 is 15.6 Å². The fourth-order valence-electron chi connectivity index (χ4n) is 3.23. The van der Waals surface area contributed by atoms with E-state index >= 15 is 0 Å². The lowest BCUT2D eigenvalue weighted by Crippen LogP contribution is -2.25. The van der Waals surface area contributed by atoms with E-state index in [0.717, 1.165) is 22.4 Å². The minimum atomic E-state index is -0.152. The van der Waals surface area contributed by atoms with Crippen LogP contribution in [-0.2, 0) is 17.1 Å². The lowest BCUT2D eigenvalue weighted by atomic mass is 10.1. The number of benzene rings is 2. The lowest BCUT2D eigenvalue weighted by Gasteiger charge is -2.09. The third kappa shape index (κ3) is 4.98. The molecule has 0 saturated carbocycles. The van der Waals surface area contributed by atoms with Crippen LogP contribution in [-0.4, -0.2) is 28.7 Å². The van der Waals surface area contributed by atoms with Crippen LogP contribution >= 0.6 is 23.1 Å². The molecule has 0 atom stereocenters. The summed E-state index contributed by atoms with van der Waals surface area (Å²) in [5.41, 5.74) is 2.66. The summed E-state index contributed by atoms with van der Waals surface area (Å²) in [7, 11) is 1.61. The van der Waals surface area contributed by atoms with Gasteiger partial charge in [-0.3, -0.25) is 9.59 Å². The van der Waals surface area contributed by atoms with Gasteiger partial charge in [0.1, 0.15) is 16.4 Å². The van der Waals surface area contributed by atoms with Gasteiger partial charge < -0.3 is 15.0 Å². The Bertz CT molecular complexity index is 1250. The monoisotopic (exact) mass is 451 g/mol. The van der Waals surface area contributed by atoms with E-state index in [1.807, 2.05) is 60.0 Å². The molecule has 6 nitrogen and oxygen atoms in total. The second-order valence-corrected chi connectivity index (χ2v) is 8.63. The molecule has 0 aliphatic rings. The lowest BCUT2D eigenvalue weighted by molar-refractivity contribution is -0.118. The molecule has 0 aliphatic carbocycles. The Morgan fingerprint density at radius 1 is 1.16 bits per heavy atom. The van der Waals surface area contributed by atoms with Crippen LogP contribution in [0.15, 0.2) is 64.8 Å². The summed E-state index contributed by atoms with van der Waals surface area (Å²) in [6.45, 7) is 0.405. The van der Waals surface area contributed by atoms with Gasteiger partial charge in [-0.15, -0.1) is 23.1 Å². The smallest absolute Gasteiger partial charge is 0.260 e. The van der Waals surface area contributed by atoms with Crippen molar-refractivity contribution in [2.24, 2.45) is 0 Å². The van der Waals surface area contributed by atoms with Crippen molar-refractivity contribution in [3.63, 3.8) is 0 Å². The molecule has 2 N–H and O–H groups in total. The maximum atomic E-state index is 12.7. The average Bonchev–Trinajstić information content (AvgIpc) is 3.23. The van der Waals surface area contributed by atoms with Crippen molar-refractivity contribution in [3.8, 4) is 16.9 Å². The molecule has 31 heavy (non-hydrogen) atoms. The summed E-state index contributed by atoms with van der Waals surface area (Å²) in [5, 5.41) is 5.47. The Morgan fingerprint density at radius 3 is 2.74 bits per heavy atom. The van der Waals surface area contributed by atoms with E-state index < -0.39 is 0 Å². The first-order chi connectivity index (χ1) is 15.2. The van der Waals surface area contributed by atoms with Crippen molar-refractivity contribution in [2.75, 3.05) is 12.9 Å². The van der Waals surface area contributed by atoms with Crippen molar-refractivity contribution in [3.05, 3.63) is 81.7 Å². The minimum absolute atomic E-state index is 0.0816. The van der Waals surface area contributed by atoms with Crippen LogP contribution in [0.4, 0.5) is 0 Å². The Kier molecular flexibility index (Phi) is 6.69. The molecule has 2 heterocycles. The second-order valence-electron chi connectivity index (χ2n) is 6.79. The molecule has 2 aromatic carbocycles. The number of hydrogen-bond donors (Lipinski definition) is 2. The van der Waals surface area contributed by atoms with Crippen molar-refractivity contribution in [1.29, 1.82) is 0 Å². The first-order valence-electron chi connectivity index (χ1n) is 9.68. The number of nitrogens with one attached hydrogen (secondary N) is 2. The van der Waals surface area contributed by atoms with Crippen molar-refractivity contribution in [1.82, 2.24) is 15.3 Å². The number of para-hydroxylation sites is 1. The van der Waals surface area contributed by atoms with Gasteiger partial charge in [0.2, 0.25) is 5.91 Å². The maximum Gasteiger partial charge on any atom is 0.260 e. The summed E-state index contributed by atoms with van der Waals surface area (Å²) >= 11 is 2.86. The number of hydrogen-bond acceptors (Lipinski definition) is 6. The number of thiophene rings is 1. The van der Waals surface area contributed by atoms with Gasteiger partial charge in [0.15, 0.2) is 0 Å². The second kappa shape index (κ2) is 9.80. The summed E-state index contributed by atoms with van der Waals surface area (Å²) in [6, 6.07) is 17.4. The molecule has 1 amide bonds. The highest BCUT2D eigenvalue weighted by molar-refractivity contribution is 7.99. The Morgan fingerprint density at radius 2 is 1.94 bits per heavy atom. The molecule has 0 aliphatic heterocycles. The average molecular weight is 452 g/mol. The van der Waals surface area contributed by atoms with Crippen molar-refractivity contribution >= 4 is 39.2 Å². The Balaban J connectivity index is 1.36. The quantitative estimate of drug-likeness (QED) is 0.419. The molecule has 0 fully saturated rings. The molecule has 4 rings (SSSR count). The van der Waals surface area contributed by atoms with Gasteiger partial charge in [0.05, 0.1) is 24.0 Å². The van der Waals surface area contributed by atoms with Gasteiger partial charge in [-0.1, -0.05) is 48.5 Å². The number of thioether (sulfide) groups is 1.